The standard InChI is InChI=1S/C10H16N2O3S/c1-7-12-5-8(16-7)4-11-6-10(2,14)9(13)15-3/h5,11,14H,4,6H2,1-3H3. The number of thiazole rings is 1. The first-order valence-corrected chi connectivity index (χ1v) is 5.70. The number of nitrogens with zero attached hydrogens (tertiary/aromatic N) is 1. The van der Waals surface area contributed by atoms with Crippen LogP contribution in [0, 0.1) is 6.92 Å². The molecule has 0 aliphatic carbocycles. The van der Waals surface area contributed by atoms with Crippen molar-refractivity contribution in [3.63, 3.8) is 0 Å². The van der Waals surface area contributed by atoms with Crippen molar-refractivity contribution in [1.29, 1.82) is 0 Å². The molecule has 1 atom stereocenters. The van der Waals surface area contributed by atoms with E-state index < -0.39 is 11.6 Å². The fraction of sp³-hybridized carbons (Fsp3) is 0.600. The van der Waals surface area contributed by atoms with Gasteiger partial charge < -0.3 is 15.2 Å². The molecule has 0 aromatic carbocycles. The van der Waals surface area contributed by atoms with Crippen molar-refractivity contribution in [2.75, 3.05) is 13.7 Å². The minimum atomic E-state index is -1.49. The van der Waals surface area contributed by atoms with E-state index in [1.807, 2.05) is 6.92 Å². The van der Waals surface area contributed by atoms with Crippen LogP contribution in [-0.2, 0) is 16.1 Å². The third kappa shape index (κ3) is 3.55. The van der Waals surface area contributed by atoms with Crippen LogP contribution in [-0.4, -0.2) is 35.3 Å². The summed E-state index contributed by atoms with van der Waals surface area (Å²) in [6, 6.07) is 0. The number of esters is 1. The Morgan fingerprint density at radius 2 is 2.44 bits per heavy atom. The predicted molar refractivity (Wildman–Crippen MR) is 61.2 cm³/mol. The summed E-state index contributed by atoms with van der Waals surface area (Å²) in [5.41, 5.74) is -1.49. The van der Waals surface area contributed by atoms with Crippen LogP contribution in [0.3, 0.4) is 0 Å². The summed E-state index contributed by atoms with van der Waals surface area (Å²) in [4.78, 5) is 16.3. The molecule has 0 radical (unpaired) electrons. The minimum Gasteiger partial charge on any atom is -0.467 e. The Kier molecular flexibility index (Phi) is 4.40. The van der Waals surface area contributed by atoms with Gasteiger partial charge in [-0.3, -0.25) is 0 Å². The molecule has 0 saturated carbocycles. The molecule has 1 aromatic rings. The van der Waals surface area contributed by atoms with Gasteiger partial charge in [0, 0.05) is 24.2 Å². The van der Waals surface area contributed by atoms with Crippen molar-refractivity contribution in [1.82, 2.24) is 10.3 Å². The summed E-state index contributed by atoms with van der Waals surface area (Å²) < 4.78 is 4.48. The average Bonchev–Trinajstić information content (AvgIpc) is 2.62. The van der Waals surface area contributed by atoms with Crippen LogP contribution in [0.25, 0.3) is 0 Å². The van der Waals surface area contributed by atoms with E-state index in [0.29, 0.717) is 6.54 Å². The average molecular weight is 244 g/mol. The van der Waals surface area contributed by atoms with E-state index in [-0.39, 0.29) is 6.54 Å². The van der Waals surface area contributed by atoms with Crippen LogP contribution >= 0.6 is 11.3 Å². The number of nitrogens with one attached hydrogen (secondary N) is 1. The van der Waals surface area contributed by atoms with Gasteiger partial charge in [0.15, 0.2) is 5.60 Å². The molecule has 6 heteroatoms. The lowest BCUT2D eigenvalue weighted by atomic mass is 10.1. The Labute approximate surface area is 98.5 Å². The zero-order valence-corrected chi connectivity index (χ0v) is 10.4. The van der Waals surface area contributed by atoms with E-state index in [2.05, 4.69) is 15.0 Å². The molecule has 0 aliphatic rings. The third-order valence-corrected chi connectivity index (χ3v) is 2.98. The summed E-state index contributed by atoms with van der Waals surface area (Å²) in [6.07, 6.45) is 1.78. The Morgan fingerprint density at radius 1 is 1.75 bits per heavy atom. The van der Waals surface area contributed by atoms with Gasteiger partial charge in [0.05, 0.1) is 12.1 Å². The topological polar surface area (TPSA) is 71.5 Å². The molecule has 1 aromatic heterocycles. The van der Waals surface area contributed by atoms with Gasteiger partial charge in [-0.1, -0.05) is 0 Å². The highest BCUT2D eigenvalue weighted by molar-refractivity contribution is 7.11. The molecule has 0 fully saturated rings. The van der Waals surface area contributed by atoms with E-state index >= 15 is 0 Å². The van der Waals surface area contributed by atoms with Crippen LogP contribution in [0.5, 0.6) is 0 Å². The van der Waals surface area contributed by atoms with E-state index in [4.69, 9.17) is 0 Å². The van der Waals surface area contributed by atoms with E-state index in [1.165, 1.54) is 14.0 Å². The fourth-order valence-electron chi connectivity index (χ4n) is 1.21. The van der Waals surface area contributed by atoms with E-state index in [9.17, 15) is 9.90 Å². The van der Waals surface area contributed by atoms with Crippen LogP contribution in [0.15, 0.2) is 6.20 Å². The molecular weight excluding hydrogens is 228 g/mol. The largest absolute Gasteiger partial charge is 0.467 e. The first-order chi connectivity index (χ1) is 7.45. The third-order valence-electron chi connectivity index (χ3n) is 2.06. The van der Waals surface area contributed by atoms with Crippen molar-refractivity contribution in [3.05, 3.63) is 16.1 Å². The fourth-order valence-corrected chi connectivity index (χ4v) is 1.97. The summed E-state index contributed by atoms with van der Waals surface area (Å²) in [5, 5.41) is 13.7. The summed E-state index contributed by atoms with van der Waals surface area (Å²) in [5.74, 6) is -0.638. The summed E-state index contributed by atoms with van der Waals surface area (Å²) in [7, 11) is 1.25. The van der Waals surface area contributed by atoms with Crippen LogP contribution in [0.1, 0.15) is 16.8 Å². The Balaban J connectivity index is 2.38. The maximum Gasteiger partial charge on any atom is 0.338 e. The Hall–Kier alpha value is -0.980. The van der Waals surface area contributed by atoms with Crippen molar-refractivity contribution < 1.29 is 14.6 Å². The number of rotatable bonds is 5. The van der Waals surface area contributed by atoms with Gasteiger partial charge in [-0.25, -0.2) is 9.78 Å². The molecule has 0 aliphatic heterocycles. The number of carbonyl (C=O) groups is 1. The molecule has 0 bridgehead atoms. The number of hydrogen-bond acceptors (Lipinski definition) is 6. The molecule has 1 heterocycles. The Bertz CT molecular complexity index is 363. The molecule has 2 N–H and O–H groups in total. The van der Waals surface area contributed by atoms with Gasteiger partial charge in [0.1, 0.15) is 0 Å². The number of aliphatic hydroxyl groups is 1. The molecular formula is C10H16N2O3S. The molecule has 0 saturated heterocycles. The van der Waals surface area contributed by atoms with Gasteiger partial charge in [-0.05, 0) is 13.8 Å². The summed E-state index contributed by atoms with van der Waals surface area (Å²) in [6.45, 7) is 4.08. The van der Waals surface area contributed by atoms with Gasteiger partial charge in [0.2, 0.25) is 0 Å². The quantitative estimate of drug-likeness (QED) is 0.737. The SMILES string of the molecule is COC(=O)C(C)(O)CNCc1cnc(C)s1. The van der Waals surface area contributed by atoms with Crippen molar-refractivity contribution in [2.24, 2.45) is 0 Å². The molecule has 1 rings (SSSR count). The molecule has 0 spiro atoms. The van der Waals surface area contributed by atoms with Crippen LogP contribution in [0.4, 0.5) is 0 Å². The number of aryl methyl sites for hydroxylation is 1. The molecule has 0 amide bonds. The lowest BCUT2D eigenvalue weighted by molar-refractivity contribution is -0.159. The number of methoxy groups -OCH3 is 1. The first kappa shape index (κ1) is 13.1. The number of carbonyl (C=O) groups excluding carboxylic acids is 1. The maximum absolute atomic E-state index is 11.2. The second-order valence-electron chi connectivity index (χ2n) is 3.71. The highest BCUT2D eigenvalue weighted by atomic mass is 32.1. The van der Waals surface area contributed by atoms with Gasteiger partial charge in [0.25, 0.3) is 0 Å². The van der Waals surface area contributed by atoms with Crippen molar-refractivity contribution in [2.45, 2.75) is 26.0 Å². The van der Waals surface area contributed by atoms with E-state index in [1.54, 1.807) is 17.5 Å². The van der Waals surface area contributed by atoms with Gasteiger partial charge in [-0.15, -0.1) is 11.3 Å². The highest BCUT2D eigenvalue weighted by Crippen LogP contribution is 2.11. The van der Waals surface area contributed by atoms with Crippen LogP contribution in [0.2, 0.25) is 0 Å². The van der Waals surface area contributed by atoms with Crippen molar-refractivity contribution in [3.8, 4) is 0 Å². The minimum absolute atomic E-state index is 0.149. The predicted octanol–water partition coefficient (Wildman–Crippen LogP) is 0.465. The van der Waals surface area contributed by atoms with Crippen LogP contribution < -0.4 is 5.32 Å². The lowest BCUT2D eigenvalue weighted by Crippen LogP contribution is -2.45. The van der Waals surface area contributed by atoms with Gasteiger partial charge >= 0.3 is 5.97 Å². The normalized spacial score (nSPS) is 14.5. The smallest absolute Gasteiger partial charge is 0.338 e. The summed E-state index contributed by atoms with van der Waals surface area (Å²) >= 11 is 1.58. The highest BCUT2D eigenvalue weighted by Gasteiger charge is 2.30. The zero-order valence-electron chi connectivity index (χ0n) is 9.61. The monoisotopic (exact) mass is 244 g/mol. The van der Waals surface area contributed by atoms with E-state index in [0.717, 1.165) is 9.88 Å². The first-order valence-electron chi connectivity index (χ1n) is 4.88. The van der Waals surface area contributed by atoms with Gasteiger partial charge in [-0.2, -0.15) is 0 Å². The zero-order chi connectivity index (χ0) is 12.2. The second kappa shape index (κ2) is 5.38. The molecule has 90 valence electrons. The molecule has 16 heavy (non-hydrogen) atoms. The van der Waals surface area contributed by atoms with Crippen molar-refractivity contribution >= 4 is 17.3 Å². The second-order valence-corrected chi connectivity index (χ2v) is 5.03. The number of hydrogen-bond donors (Lipinski definition) is 2. The Morgan fingerprint density at radius 3 is 2.94 bits per heavy atom. The maximum atomic E-state index is 11.2. The number of aromatic nitrogens is 1. The number of ether oxygens (including phenoxy) is 1. The lowest BCUT2D eigenvalue weighted by Gasteiger charge is -2.20. The molecule has 1 unspecified atom stereocenters. The molecule has 5 nitrogen and oxygen atoms in total.